The van der Waals surface area contributed by atoms with Crippen molar-refractivity contribution in [1.29, 1.82) is 0 Å². The summed E-state index contributed by atoms with van der Waals surface area (Å²) in [5.41, 5.74) is 5.08. The average molecular weight is 468 g/mol. The number of nitrogens with zero attached hydrogens (tertiary/aromatic N) is 6. The van der Waals surface area contributed by atoms with Crippen molar-refractivity contribution >= 4 is 34.1 Å². The fraction of sp³-hybridized carbons (Fsp3) is 0.435. The molecule has 0 bridgehead atoms. The minimum absolute atomic E-state index is 0.0454. The number of halogens is 1. The molecule has 0 saturated heterocycles. The zero-order chi connectivity index (χ0) is 26.3. The van der Waals surface area contributed by atoms with Crippen LogP contribution in [0.2, 0.25) is 0 Å². The Labute approximate surface area is 197 Å². The molecule has 0 aliphatic heterocycles. The molecule has 1 amide bonds. The summed E-state index contributed by atoms with van der Waals surface area (Å²) in [7, 11) is 0. The summed E-state index contributed by atoms with van der Waals surface area (Å²) in [5.74, 6) is 0.640. The summed E-state index contributed by atoms with van der Waals surface area (Å²) < 4.78 is 41.2. The van der Waals surface area contributed by atoms with E-state index in [0.717, 1.165) is 17.4 Å². The molecule has 3 N–H and O–H groups in total. The van der Waals surface area contributed by atoms with Crippen LogP contribution >= 0.6 is 0 Å². The number of fused-ring (bicyclic) bond motifs is 2. The second-order valence-electron chi connectivity index (χ2n) is 9.34. The third kappa shape index (κ3) is 2.95. The number of aromatic nitrogens is 6. The minimum Gasteiger partial charge on any atom is -0.369 e. The Hall–Kier alpha value is -3.76. The number of imidazole rings is 2. The molecule has 4 aromatic rings. The summed E-state index contributed by atoms with van der Waals surface area (Å²) in [5, 5.41) is 7.62. The van der Waals surface area contributed by atoms with Gasteiger partial charge in [0.2, 0.25) is 5.91 Å². The number of aryl methyl sites for hydroxylation is 1. The lowest BCUT2D eigenvalue weighted by Crippen LogP contribution is -2.53. The van der Waals surface area contributed by atoms with Crippen LogP contribution in [0.3, 0.4) is 0 Å². The molecular weight excluding hydrogens is 439 g/mol. The van der Waals surface area contributed by atoms with E-state index in [-0.39, 0.29) is 30.2 Å². The molecule has 11 heteroatoms. The summed E-state index contributed by atoms with van der Waals surface area (Å²) >= 11 is 0. The summed E-state index contributed by atoms with van der Waals surface area (Å²) in [6.45, 7) is -0.732. The topological polar surface area (TPSA) is 125 Å². The van der Waals surface area contributed by atoms with Crippen molar-refractivity contribution in [2.24, 2.45) is 18.6 Å². The quantitative estimate of drug-likeness (QED) is 0.448. The van der Waals surface area contributed by atoms with Crippen LogP contribution in [0.4, 0.5) is 16.0 Å². The van der Waals surface area contributed by atoms with Gasteiger partial charge in [0.1, 0.15) is 23.2 Å². The van der Waals surface area contributed by atoms with Gasteiger partial charge in [0.15, 0.2) is 5.82 Å². The highest BCUT2D eigenvalue weighted by molar-refractivity contribution is 5.87. The number of pyridine rings is 1. The number of hydrogen-bond donors (Lipinski definition) is 2. The van der Waals surface area contributed by atoms with Crippen LogP contribution in [0.25, 0.3) is 16.6 Å². The van der Waals surface area contributed by atoms with Gasteiger partial charge < -0.3 is 11.1 Å². The van der Waals surface area contributed by atoms with Crippen LogP contribution in [-0.2, 0) is 17.2 Å². The minimum atomic E-state index is -2.65. The van der Waals surface area contributed by atoms with Crippen LogP contribution in [0.1, 0.15) is 48.6 Å². The Morgan fingerprint density at radius 1 is 1.26 bits per heavy atom. The van der Waals surface area contributed by atoms with Crippen LogP contribution in [0, 0.1) is 5.92 Å². The van der Waals surface area contributed by atoms with Crippen molar-refractivity contribution in [2.75, 3.05) is 5.32 Å². The highest BCUT2D eigenvalue weighted by atomic mass is 19.1. The predicted molar refractivity (Wildman–Crippen MR) is 124 cm³/mol. The molecule has 2 saturated carbocycles. The van der Waals surface area contributed by atoms with Crippen molar-refractivity contribution in [2.45, 2.75) is 50.2 Å². The smallest absolute Gasteiger partial charge is 0.329 e. The van der Waals surface area contributed by atoms with E-state index in [9.17, 15) is 14.0 Å². The summed E-state index contributed by atoms with van der Waals surface area (Å²) in [6.07, 6.45) is 3.65. The van der Waals surface area contributed by atoms with Crippen LogP contribution in [-0.4, -0.2) is 40.8 Å². The van der Waals surface area contributed by atoms with Crippen molar-refractivity contribution in [3.63, 3.8) is 0 Å². The van der Waals surface area contributed by atoms with Gasteiger partial charge in [-0.05, 0) is 37.8 Å². The van der Waals surface area contributed by atoms with Crippen LogP contribution in [0.5, 0.6) is 0 Å². The summed E-state index contributed by atoms with van der Waals surface area (Å²) in [4.78, 5) is 34.0. The number of nitrogens with two attached hydrogens (primary N) is 1. The van der Waals surface area contributed by atoms with Crippen molar-refractivity contribution < 1.29 is 13.3 Å². The molecule has 2 aliphatic rings. The van der Waals surface area contributed by atoms with Gasteiger partial charge in [-0.2, -0.15) is 0 Å². The maximum atomic E-state index is 13.8. The number of alkyl halides is 1. The highest BCUT2D eigenvalue weighted by Gasteiger charge is 2.54. The Morgan fingerprint density at radius 2 is 2.06 bits per heavy atom. The number of primary amides is 1. The average Bonchev–Trinajstić information content (AvgIpc) is 3.50. The Kier molecular flexibility index (Phi) is 3.70. The Bertz CT molecular complexity index is 1610. The third-order valence-corrected chi connectivity index (χ3v) is 7.15. The molecule has 2 aliphatic carbocycles. The SMILES string of the molecule is [2H]C([2H])([2H])n1c(=O)n(C(C)C2CC2)c2cc(Nc3ccc4cnc(C5(C(N)=O)CC(F)C5)n4n3)ncc21. The largest absolute Gasteiger partial charge is 0.369 e. The van der Waals surface area contributed by atoms with Gasteiger partial charge in [0.25, 0.3) is 0 Å². The molecule has 6 rings (SSSR count). The zero-order valence-electron chi connectivity index (χ0n) is 21.4. The second kappa shape index (κ2) is 7.12. The van der Waals surface area contributed by atoms with E-state index in [2.05, 4.69) is 20.4 Å². The van der Waals surface area contributed by atoms with Gasteiger partial charge in [0.05, 0.1) is 28.9 Å². The standard InChI is InChI=1S/C23H25FN8O2/c1-12(13-3-4-13)31-16-7-19(26-11-17(16)30(2)22(31)34)28-18-6-5-15-10-27-21(32(15)29-18)23(20(25)33)8-14(24)9-23/h5-7,10-14H,3-4,8-9H2,1-2H3,(H2,25,33)(H,26,28,29)/i2D3. The van der Waals surface area contributed by atoms with Crippen LogP contribution in [0.15, 0.2) is 35.4 Å². The van der Waals surface area contributed by atoms with Gasteiger partial charge in [0, 0.05) is 36.0 Å². The van der Waals surface area contributed by atoms with E-state index in [1.165, 1.54) is 15.3 Å². The molecular formula is C23H25FN8O2. The number of hydrogen-bond acceptors (Lipinski definition) is 6. The lowest BCUT2D eigenvalue weighted by Gasteiger charge is -2.39. The number of rotatable bonds is 6. The number of amides is 1. The molecule has 1 atom stereocenters. The first-order valence-electron chi connectivity index (χ1n) is 12.7. The predicted octanol–water partition coefficient (Wildman–Crippen LogP) is 2.35. The molecule has 2 fully saturated rings. The fourth-order valence-corrected chi connectivity index (χ4v) is 4.97. The van der Waals surface area contributed by atoms with Crippen LogP contribution < -0.4 is 16.7 Å². The molecule has 1 unspecified atom stereocenters. The maximum Gasteiger partial charge on any atom is 0.329 e. The lowest BCUT2D eigenvalue weighted by molar-refractivity contribution is -0.129. The maximum absolute atomic E-state index is 13.8. The molecule has 4 heterocycles. The van der Waals surface area contributed by atoms with E-state index < -0.39 is 30.2 Å². The van der Waals surface area contributed by atoms with E-state index in [4.69, 9.17) is 9.85 Å². The first-order valence-corrected chi connectivity index (χ1v) is 11.2. The van der Waals surface area contributed by atoms with E-state index >= 15 is 0 Å². The number of carbonyl (C=O) groups excluding carboxylic acids is 1. The first-order chi connectivity index (χ1) is 17.5. The summed E-state index contributed by atoms with van der Waals surface area (Å²) in [6, 6.07) is 4.89. The van der Waals surface area contributed by atoms with Gasteiger partial charge >= 0.3 is 5.69 Å². The Morgan fingerprint density at radius 3 is 2.74 bits per heavy atom. The van der Waals surface area contributed by atoms with Crippen molar-refractivity contribution in [1.82, 2.24) is 28.7 Å². The molecule has 0 radical (unpaired) electrons. The molecule has 0 aromatic carbocycles. The fourth-order valence-electron chi connectivity index (χ4n) is 4.97. The third-order valence-electron chi connectivity index (χ3n) is 7.15. The van der Waals surface area contributed by atoms with Gasteiger partial charge in [-0.15, -0.1) is 5.10 Å². The van der Waals surface area contributed by atoms with Crippen molar-refractivity contribution in [3.05, 3.63) is 46.9 Å². The molecule has 34 heavy (non-hydrogen) atoms. The molecule has 0 spiro atoms. The van der Waals surface area contributed by atoms with E-state index in [1.54, 1.807) is 24.4 Å². The lowest BCUT2D eigenvalue weighted by atomic mass is 9.66. The number of nitrogens with one attached hydrogen (secondary N) is 1. The van der Waals surface area contributed by atoms with E-state index in [0.29, 0.717) is 28.6 Å². The molecule has 10 nitrogen and oxygen atoms in total. The molecule has 4 aromatic heterocycles. The number of anilines is 2. The van der Waals surface area contributed by atoms with E-state index in [1.807, 2.05) is 6.92 Å². The highest BCUT2D eigenvalue weighted by Crippen LogP contribution is 2.45. The normalized spacial score (nSPS) is 24.9. The van der Waals surface area contributed by atoms with Gasteiger partial charge in [-0.1, -0.05) is 0 Å². The van der Waals surface area contributed by atoms with Gasteiger partial charge in [-0.25, -0.2) is 23.7 Å². The monoisotopic (exact) mass is 467 g/mol. The zero-order valence-corrected chi connectivity index (χ0v) is 18.4. The van der Waals surface area contributed by atoms with Crippen molar-refractivity contribution in [3.8, 4) is 0 Å². The second-order valence-corrected chi connectivity index (χ2v) is 9.34. The number of carbonyl (C=O) groups is 1. The van der Waals surface area contributed by atoms with Gasteiger partial charge in [-0.3, -0.25) is 13.9 Å². The Balaban J connectivity index is 1.41. The first kappa shape index (κ1) is 17.7. The molecule has 176 valence electrons.